The third-order valence-corrected chi connectivity index (χ3v) is 6.03. The molecule has 162 valence electrons. The minimum absolute atomic E-state index is 0.0408. The maximum atomic E-state index is 13.3. The van der Waals surface area contributed by atoms with E-state index in [2.05, 4.69) is 24.0 Å². The summed E-state index contributed by atoms with van der Waals surface area (Å²) in [6.45, 7) is 6.40. The molecule has 0 N–H and O–H groups in total. The number of anilines is 1. The van der Waals surface area contributed by atoms with E-state index in [1.165, 1.54) is 5.56 Å². The third kappa shape index (κ3) is 4.54. The Balaban J connectivity index is 1.50. The standard InChI is InChI=1S/C25H29N3O3/c1-3-18-9-11-20(12-10-18)26-23-21-7-5-6-8-22(21)28(24(23)29)17-27-15-13-19(14-16-27)25(30)31-4-2/h5-12,19H,3-4,13-17H2,1-2H3. The van der Waals surface area contributed by atoms with E-state index in [4.69, 9.17) is 9.73 Å². The number of esters is 1. The number of hydrogen-bond donors (Lipinski definition) is 0. The van der Waals surface area contributed by atoms with Crippen molar-refractivity contribution in [3.63, 3.8) is 0 Å². The van der Waals surface area contributed by atoms with Crippen LogP contribution < -0.4 is 4.90 Å². The molecule has 6 nitrogen and oxygen atoms in total. The maximum absolute atomic E-state index is 13.3. The van der Waals surface area contributed by atoms with Crippen LogP contribution in [0.15, 0.2) is 53.5 Å². The molecular formula is C25H29N3O3. The van der Waals surface area contributed by atoms with Crippen LogP contribution in [0.3, 0.4) is 0 Å². The van der Waals surface area contributed by atoms with Gasteiger partial charge in [0.1, 0.15) is 5.71 Å². The number of amides is 1. The van der Waals surface area contributed by atoms with Crippen molar-refractivity contribution in [1.82, 2.24) is 4.90 Å². The second-order valence-electron chi connectivity index (χ2n) is 8.02. The molecule has 0 bridgehead atoms. The molecule has 0 radical (unpaired) electrons. The Hall–Kier alpha value is -2.99. The fourth-order valence-electron chi connectivity index (χ4n) is 4.22. The molecule has 2 aromatic carbocycles. The van der Waals surface area contributed by atoms with Crippen LogP contribution in [-0.4, -0.2) is 48.9 Å². The first-order valence-corrected chi connectivity index (χ1v) is 11.1. The van der Waals surface area contributed by atoms with Crippen molar-refractivity contribution >= 4 is 29.0 Å². The molecule has 4 rings (SSSR count). The van der Waals surface area contributed by atoms with Gasteiger partial charge in [0.15, 0.2) is 0 Å². The summed E-state index contributed by atoms with van der Waals surface area (Å²) in [4.78, 5) is 34.0. The second-order valence-corrected chi connectivity index (χ2v) is 8.02. The summed E-state index contributed by atoms with van der Waals surface area (Å²) < 4.78 is 5.16. The van der Waals surface area contributed by atoms with E-state index in [-0.39, 0.29) is 17.8 Å². The molecule has 1 saturated heterocycles. The lowest BCUT2D eigenvalue weighted by Gasteiger charge is -2.33. The highest BCUT2D eigenvalue weighted by Crippen LogP contribution is 2.31. The summed E-state index contributed by atoms with van der Waals surface area (Å²) in [6.07, 6.45) is 2.49. The molecule has 0 spiro atoms. The van der Waals surface area contributed by atoms with Crippen molar-refractivity contribution in [2.75, 3.05) is 31.3 Å². The van der Waals surface area contributed by atoms with Gasteiger partial charge in [-0.25, -0.2) is 4.99 Å². The fourth-order valence-corrected chi connectivity index (χ4v) is 4.22. The van der Waals surface area contributed by atoms with E-state index in [9.17, 15) is 9.59 Å². The lowest BCUT2D eigenvalue weighted by molar-refractivity contribution is -0.149. The van der Waals surface area contributed by atoms with Crippen LogP contribution in [0.5, 0.6) is 0 Å². The summed E-state index contributed by atoms with van der Waals surface area (Å²) in [5.74, 6) is -0.220. The minimum Gasteiger partial charge on any atom is -0.466 e. The van der Waals surface area contributed by atoms with Crippen LogP contribution in [0.25, 0.3) is 0 Å². The number of aliphatic imine (C=N–C) groups is 1. The quantitative estimate of drug-likeness (QED) is 0.665. The zero-order chi connectivity index (χ0) is 21.8. The average molecular weight is 420 g/mol. The van der Waals surface area contributed by atoms with Gasteiger partial charge >= 0.3 is 5.97 Å². The molecule has 0 saturated carbocycles. The summed E-state index contributed by atoms with van der Waals surface area (Å²) in [6, 6.07) is 15.9. The number of piperidine rings is 1. The number of fused-ring (bicyclic) bond motifs is 1. The highest BCUT2D eigenvalue weighted by atomic mass is 16.5. The smallest absolute Gasteiger partial charge is 0.309 e. The number of carbonyl (C=O) groups is 2. The van der Waals surface area contributed by atoms with Gasteiger partial charge in [-0.3, -0.25) is 19.4 Å². The van der Waals surface area contributed by atoms with E-state index < -0.39 is 0 Å². The van der Waals surface area contributed by atoms with E-state index in [1.54, 1.807) is 4.90 Å². The monoisotopic (exact) mass is 419 g/mol. The maximum Gasteiger partial charge on any atom is 0.309 e. The third-order valence-electron chi connectivity index (χ3n) is 6.03. The number of para-hydroxylation sites is 1. The van der Waals surface area contributed by atoms with Crippen LogP contribution >= 0.6 is 0 Å². The lowest BCUT2D eigenvalue weighted by atomic mass is 9.97. The van der Waals surface area contributed by atoms with Crippen LogP contribution in [0.4, 0.5) is 11.4 Å². The molecule has 1 fully saturated rings. The van der Waals surface area contributed by atoms with Gasteiger partial charge in [-0.1, -0.05) is 37.3 Å². The fraction of sp³-hybridized carbons (Fsp3) is 0.400. The molecule has 0 unspecified atom stereocenters. The van der Waals surface area contributed by atoms with Gasteiger partial charge in [-0.15, -0.1) is 0 Å². The Labute approximate surface area is 183 Å². The summed E-state index contributed by atoms with van der Waals surface area (Å²) in [5, 5.41) is 0. The normalized spacial score (nSPS) is 18.5. The SMILES string of the molecule is CCOC(=O)C1CCN(CN2C(=O)C(=Nc3ccc(CC)cc3)c3ccccc32)CC1. The van der Waals surface area contributed by atoms with Crippen molar-refractivity contribution in [2.24, 2.45) is 10.9 Å². The van der Waals surface area contributed by atoms with Crippen LogP contribution in [0.1, 0.15) is 37.8 Å². The number of likely N-dealkylation sites (tertiary alicyclic amines) is 1. The van der Waals surface area contributed by atoms with Crippen molar-refractivity contribution < 1.29 is 14.3 Å². The number of carbonyl (C=O) groups excluding carboxylic acids is 2. The predicted molar refractivity (Wildman–Crippen MR) is 122 cm³/mol. The van der Waals surface area contributed by atoms with Crippen molar-refractivity contribution in [3.8, 4) is 0 Å². The van der Waals surface area contributed by atoms with Crippen molar-refractivity contribution in [1.29, 1.82) is 0 Å². The first-order valence-electron chi connectivity index (χ1n) is 11.1. The first kappa shape index (κ1) is 21.2. The zero-order valence-electron chi connectivity index (χ0n) is 18.2. The van der Waals surface area contributed by atoms with E-state index in [0.717, 1.165) is 49.3 Å². The van der Waals surface area contributed by atoms with Gasteiger partial charge in [0.25, 0.3) is 5.91 Å². The zero-order valence-corrected chi connectivity index (χ0v) is 18.2. The van der Waals surface area contributed by atoms with Crippen molar-refractivity contribution in [3.05, 3.63) is 59.7 Å². The Morgan fingerprint density at radius 1 is 1.06 bits per heavy atom. The molecule has 31 heavy (non-hydrogen) atoms. The van der Waals surface area contributed by atoms with Gasteiger partial charge in [0, 0.05) is 18.7 Å². The van der Waals surface area contributed by atoms with Crippen LogP contribution in [0.2, 0.25) is 0 Å². The molecular weight excluding hydrogens is 390 g/mol. The van der Waals surface area contributed by atoms with Crippen LogP contribution in [0, 0.1) is 5.92 Å². The summed E-state index contributed by atoms with van der Waals surface area (Å²) >= 11 is 0. The van der Waals surface area contributed by atoms with Gasteiger partial charge in [-0.05, 0) is 49.9 Å². The molecule has 6 heteroatoms. The average Bonchev–Trinajstić information content (AvgIpc) is 3.06. The van der Waals surface area contributed by atoms with Crippen LogP contribution in [-0.2, 0) is 20.7 Å². The molecule has 1 amide bonds. The molecule has 2 aliphatic heterocycles. The largest absolute Gasteiger partial charge is 0.466 e. The minimum atomic E-state index is -0.103. The first-order chi connectivity index (χ1) is 15.1. The molecule has 0 aliphatic carbocycles. The molecule has 2 aliphatic rings. The summed E-state index contributed by atoms with van der Waals surface area (Å²) in [7, 11) is 0. The predicted octanol–water partition coefficient (Wildman–Crippen LogP) is 3.95. The Morgan fingerprint density at radius 3 is 2.45 bits per heavy atom. The number of nitrogens with zero attached hydrogens (tertiary/aromatic N) is 3. The number of ether oxygens (including phenoxy) is 1. The van der Waals surface area contributed by atoms with Gasteiger partial charge in [-0.2, -0.15) is 0 Å². The molecule has 0 atom stereocenters. The van der Waals surface area contributed by atoms with Crippen molar-refractivity contribution in [2.45, 2.75) is 33.1 Å². The number of aryl methyl sites for hydroxylation is 1. The molecule has 2 aromatic rings. The second kappa shape index (κ2) is 9.43. The van der Waals surface area contributed by atoms with E-state index in [0.29, 0.717) is 19.0 Å². The number of benzene rings is 2. The van der Waals surface area contributed by atoms with Gasteiger partial charge < -0.3 is 4.74 Å². The van der Waals surface area contributed by atoms with Gasteiger partial charge in [0.05, 0.1) is 30.6 Å². The Morgan fingerprint density at radius 2 is 1.77 bits per heavy atom. The van der Waals surface area contributed by atoms with E-state index >= 15 is 0 Å². The highest BCUT2D eigenvalue weighted by molar-refractivity contribution is 6.54. The molecule has 0 aromatic heterocycles. The molecule has 2 heterocycles. The van der Waals surface area contributed by atoms with Gasteiger partial charge in [0.2, 0.25) is 0 Å². The highest BCUT2D eigenvalue weighted by Gasteiger charge is 2.36. The number of hydrogen-bond acceptors (Lipinski definition) is 5. The Kier molecular flexibility index (Phi) is 6.47. The van der Waals surface area contributed by atoms with E-state index in [1.807, 2.05) is 43.3 Å². The summed E-state index contributed by atoms with van der Waals surface area (Å²) in [5.41, 5.74) is 4.28. The Bertz CT molecular complexity index is 976. The topological polar surface area (TPSA) is 62.2 Å². The number of rotatable bonds is 6. The lowest BCUT2D eigenvalue weighted by Crippen LogP contribution is -2.45.